The summed E-state index contributed by atoms with van der Waals surface area (Å²) >= 11 is 17.5. The molecule has 2 nitrogen and oxygen atoms in total. The van der Waals surface area contributed by atoms with E-state index in [0.29, 0.717) is 5.92 Å². The first-order chi connectivity index (χ1) is 9.67. The van der Waals surface area contributed by atoms with Crippen molar-refractivity contribution >= 4 is 39.4 Å². The molecule has 21 heavy (non-hydrogen) atoms. The van der Waals surface area contributed by atoms with Crippen LogP contribution >= 0.6 is 34.8 Å². The molecular weight excluding hydrogens is 329 g/mol. The number of hydrogen-bond donors (Lipinski definition) is 1. The van der Waals surface area contributed by atoms with Crippen molar-refractivity contribution in [3.05, 3.63) is 23.9 Å². The number of nitrogens with zero attached hydrogens (tertiary/aromatic N) is 1. The molecule has 0 saturated heterocycles. The summed E-state index contributed by atoms with van der Waals surface area (Å²) in [6, 6.07) is 0. The Hall–Kier alpha value is -0.0200. The molecule has 0 aromatic rings. The molecule has 1 saturated carbocycles. The molecule has 1 N–H and O–H groups in total. The van der Waals surface area contributed by atoms with Gasteiger partial charge in [0.2, 0.25) is 0 Å². The van der Waals surface area contributed by atoms with Gasteiger partial charge in [0.25, 0.3) is 0 Å². The van der Waals surface area contributed by atoms with E-state index in [1.165, 1.54) is 5.57 Å². The summed E-state index contributed by atoms with van der Waals surface area (Å²) in [6.45, 7) is 6.59. The fourth-order valence-corrected chi connectivity index (χ4v) is 4.57. The molecule has 2 rings (SSSR count). The smallest absolute Gasteiger partial charge is 0.196 e. The molecule has 0 aromatic heterocycles. The Morgan fingerprint density at radius 3 is 2.67 bits per heavy atom. The molecule has 0 amide bonds. The second-order valence-corrected chi connectivity index (χ2v) is 8.46. The third-order valence-electron chi connectivity index (χ3n) is 5.15. The maximum absolute atomic E-state index is 10.3. The first-order valence-corrected chi connectivity index (χ1v) is 8.42. The van der Waals surface area contributed by atoms with Gasteiger partial charge in [-0.05, 0) is 70.9 Å². The molecule has 0 spiro atoms. The maximum Gasteiger partial charge on any atom is 0.196 e. The van der Waals surface area contributed by atoms with Crippen LogP contribution < -0.4 is 0 Å². The molecule has 0 unspecified atom stereocenters. The van der Waals surface area contributed by atoms with Crippen LogP contribution in [0.1, 0.15) is 40.0 Å². The van der Waals surface area contributed by atoms with Gasteiger partial charge in [-0.1, -0.05) is 26.8 Å². The summed E-state index contributed by atoms with van der Waals surface area (Å²) in [7, 11) is 0. The lowest BCUT2D eigenvalue weighted by atomic mass is 9.51. The van der Waals surface area contributed by atoms with Gasteiger partial charge < -0.3 is 5.11 Å². The number of hydrogen-bond acceptors (Lipinski definition) is 2. The van der Waals surface area contributed by atoms with Gasteiger partial charge >= 0.3 is 0 Å². The Kier molecular flexibility index (Phi) is 5.15. The van der Waals surface area contributed by atoms with Gasteiger partial charge in [0.15, 0.2) is 4.63 Å². The monoisotopic (exact) mass is 349 g/mol. The van der Waals surface area contributed by atoms with Crippen molar-refractivity contribution in [2.75, 3.05) is 0 Å². The second-order valence-electron chi connectivity index (χ2n) is 7.08. The van der Waals surface area contributed by atoms with E-state index in [2.05, 4.69) is 31.8 Å². The molecule has 4 atom stereocenters. The summed E-state index contributed by atoms with van der Waals surface area (Å²) < 4.78 is 0.00551. The highest BCUT2D eigenvalue weighted by atomic mass is 35.5. The Balaban J connectivity index is 2.24. The van der Waals surface area contributed by atoms with E-state index in [0.717, 1.165) is 19.3 Å². The summed E-state index contributed by atoms with van der Waals surface area (Å²) in [5, 5.41) is 10.1. The minimum absolute atomic E-state index is 0.00551. The average molecular weight is 351 g/mol. The zero-order valence-electron chi connectivity index (χ0n) is 12.6. The number of halogens is 3. The number of allylic oxidation sites excluding steroid dienone is 3. The molecule has 0 heterocycles. The molecular formula is C16H22Cl3NO. The van der Waals surface area contributed by atoms with E-state index in [1.54, 1.807) is 6.20 Å². The minimum Gasteiger partial charge on any atom is -0.392 e. The van der Waals surface area contributed by atoms with E-state index >= 15 is 0 Å². The van der Waals surface area contributed by atoms with E-state index in [4.69, 9.17) is 34.8 Å². The van der Waals surface area contributed by atoms with Gasteiger partial charge in [0.1, 0.15) is 0 Å². The van der Waals surface area contributed by atoms with Crippen molar-refractivity contribution in [3.8, 4) is 0 Å². The van der Waals surface area contributed by atoms with Crippen LogP contribution in [-0.2, 0) is 0 Å². The lowest BCUT2D eigenvalue weighted by molar-refractivity contribution is -0.0656. The lowest BCUT2D eigenvalue weighted by Gasteiger charge is -2.56. The van der Waals surface area contributed by atoms with Crippen molar-refractivity contribution in [3.63, 3.8) is 0 Å². The third kappa shape index (κ3) is 3.50. The number of fused-ring (bicyclic) bond motifs is 1. The molecule has 0 aromatic carbocycles. The fraction of sp³-hybridized carbons (Fsp3) is 0.688. The Morgan fingerprint density at radius 1 is 1.38 bits per heavy atom. The van der Waals surface area contributed by atoms with Crippen molar-refractivity contribution in [2.45, 2.75) is 51.5 Å². The van der Waals surface area contributed by atoms with Crippen LogP contribution in [0.15, 0.2) is 28.9 Å². The molecule has 2 aliphatic rings. The summed E-state index contributed by atoms with van der Waals surface area (Å²) in [5.41, 5.74) is 1.18. The highest BCUT2D eigenvalue weighted by Crippen LogP contribution is 2.58. The standard InChI is InChI=1S/C16H22Cl3NO/c1-15(2)12-5-4-10(6-7-20-14(18)19)8-16(12,3)9-11(21)13(15)17/h4,6-7,11-13,21H,5,8-9H2,1-3H3/t11-,12+,13+,16+/m1/s1. The fourth-order valence-electron chi connectivity index (χ4n) is 4.22. The highest BCUT2D eigenvalue weighted by Gasteiger charge is 2.54. The van der Waals surface area contributed by atoms with E-state index in [-0.39, 0.29) is 20.8 Å². The van der Waals surface area contributed by atoms with Gasteiger partial charge in [0.05, 0.1) is 11.5 Å². The molecule has 0 bridgehead atoms. The first-order valence-electron chi connectivity index (χ1n) is 7.23. The number of aliphatic imine (C=N–C) groups is 1. The minimum atomic E-state index is -0.457. The van der Waals surface area contributed by atoms with Gasteiger partial charge in [-0.15, -0.1) is 11.6 Å². The SMILES string of the molecule is CC1(C)[C@@H](Cl)[C@H](O)C[C@]2(C)CC(C=CN=C(Cl)Cl)=CC[C@@H]12. The van der Waals surface area contributed by atoms with Crippen molar-refractivity contribution < 1.29 is 5.11 Å². The zero-order chi connectivity index (χ0) is 15.8. The predicted octanol–water partition coefficient (Wildman–Crippen LogP) is 5.07. The molecule has 0 aliphatic heterocycles. The maximum atomic E-state index is 10.3. The van der Waals surface area contributed by atoms with Crippen LogP contribution in [0.3, 0.4) is 0 Å². The quantitative estimate of drug-likeness (QED) is 0.547. The molecule has 118 valence electrons. The zero-order valence-corrected chi connectivity index (χ0v) is 14.9. The topological polar surface area (TPSA) is 32.6 Å². The molecule has 1 fully saturated rings. The normalized spacial score (nSPS) is 38.8. The van der Waals surface area contributed by atoms with E-state index < -0.39 is 6.10 Å². The Labute approximate surface area is 141 Å². The van der Waals surface area contributed by atoms with Crippen LogP contribution in [0.5, 0.6) is 0 Å². The molecule has 2 aliphatic carbocycles. The van der Waals surface area contributed by atoms with Crippen LogP contribution in [0, 0.1) is 16.7 Å². The van der Waals surface area contributed by atoms with Crippen LogP contribution in [0.25, 0.3) is 0 Å². The average Bonchev–Trinajstić information content (AvgIpc) is 2.35. The van der Waals surface area contributed by atoms with Crippen LogP contribution in [0.2, 0.25) is 0 Å². The third-order valence-corrected chi connectivity index (χ3v) is 6.20. The lowest BCUT2D eigenvalue weighted by Crippen LogP contribution is -2.55. The van der Waals surface area contributed by atoms with Gasteiger partial charge in [-0.25, -0.2) is 4.99 Å². The number of alkyl halides is 1. The van der Waals surface area contributed by atoms with E-state index in [9.17, 15) is 5.11 Å². The van der Waals surface area contributed by atoms with Crippen molar-refractivity contribution in [1.29, 1.82) is 0 Å². The Bertz CT molecular complexity index is 494. The van der Waals surface area contributed by atoms with Crippen LogP contribution in [-0.4, -0.2) is 21.2 Å². The summed E-state index contributed by atoms with van der Waals surface area (Å²) in [4.78, 5) is 3.86. The van der Waals surface area contributed by atoms with Crippen molar-refractivity contribution in [2.24, 2.45) is 21.7 Å². The summed E-state index contributed by atoms with van der Waals surface area (Å²) in [5.74, 6) is 0.466. The number of rotatable bonds is 2. The number of aliphatic hydroxyl groups is 1. The Morgan fingerprint density at radius 2 is 2.05 bits per heavy atom. The van der Waals surface area contributed by atoms with Gasteiger partial charge in [-0.2, -0.15) is 0 Å². The number of aliphatic hydroxyl groups excluding tert-OH is 1. The van der Waals surface area contributed by atoms with Crippen LogP contribution in [0.4, 0.5) is 0 Å². The van der Waals surface area contributed by atoms with Crippen molar-refractivity contribution in [1.82, 2.24) is 0 Å². The predicted molar refractivity (Wildman–Crippen MR) is 91.2 cm³/mol. The van der Waals surface area contributed by atoms with Gasteiger partial charge in [-0.3, -0.25) is 0 Å². The van der Waals surface area contributed by atoms with Gasteiger partial charge in [0, 0.05) is 6.20 Å². The first kappa shape index (κ1) is 17.3. The molecule has 0 radical (unpaired) electrons. The largest absolute Gasteiger partial charge is 0.392 e. The second kappa shape index (κ2) is 6.23. The van der Waals surface area contributed by atoms with E-state index in [1.807, 2.05) is 6.08 Å². The molecule has 5 heteroatoms. The highest BCUT2D eigenvalue weighted by molar-refractivity contribution is 6.95. The summed E-state index contributed by atoms with van der Waals surface area (Å²) in [6.07, 6.45) is 7.97.